The van der Waals surface area contributed by atoms with Gasteiger partial charge in [-0.2, -0.15) is 0 Å². The topological polar surface area (TPSA) is 22.0 Å². The molecule has 0 bridgehead atoms. The van der Waals surface area contributed by atoms with E-state index in [-0.39, 0.29) is 10.8 Å². The lowest BCUT2D eigenvalue weighted by Gasteiger charge is -2.33. The normalized spacial score (nSPS) is 12.0. The average Bonchev–Trinajstić information content (AvgIpc) is 2.51. The Hall–Kier alpha value is -1.09. The van der Waals surface area contributed by atoms with Crippen LogP contribution in [-0.2, 0) is 6.54 Å². The molecule has 0 saturated heterocycles. The van der Waals surface area contributed by atoms with Gasteiger partial charge in [0.1, 0.15) is 0 Å². The number of alkyl halides is 1. The summed E-state index contributed by atoms with van der Waals surface area (Å²) in [4.78, 5) is 12.0. The molecule has 0 aliphatic rings. The second-order valence-corrected chi connectivity index (χ2v) is 6.52. The number of hydrogen-bond acceptors (Lipinski definition) is 1. The van der Waals surface area contributed by atoms with Crippen molar-refractivity contribution in [3.05, 3.63) is 46.8 Å². The van der Waals surface area contributed by atoms with Gasteiger partial charge in [0.25, 0.3) is 0 Å². The molecule has 114 valence electrons. The molecule has 1 aromatic heterocycles. The Kier molecular flexibility index (Phi) is 5.63. The first-order valence-electron chi connectivity index (χ1n) is 7.80. The summed E-state index contributed by atoms with van der Waals surface area (Å²) < 4.78 is 2.25. The van der Waals surface area contributed by atoms with E-state index in [0.29, 0.717) is 0 Å². The summed E-state index contributed by atoms with van der Waals surface area (Å²) >= 11 is 3.74. The SMILES string of the molecule is CCCC(CBr)(CCC)Cn1ccc(=O)c2ccccc21. The molecule has 0 N–H and O–H groups in total. The average molecular weight is 350 g/mol. The fraction of sp³-hybridized carbons (Fsp3) is 0.500. The molecule has 0 amide bonds. The molecule has 0 spiro atoms. The van der Waals surface area contributed by atoms with Crippen molar-refractivity contribution in [2.24, 2.45) is 5.41 Å². The van der Waals surface area contributed by atoms with Crippen molar-refractivity contribution in [2.75, 3.05) is 5.33 Å². The fourth-order valence-corrected chi connectivity index (χ4v) is 4.02. The lowest BCUT2D eigenvalue weighted by molar-refractivity contribution is 0.236. The Morgan fingerprint density at radius 1 is 1.10 bits per heavy atom. The van der Waals surface area contributed by atoms with Crippen molar-refractivity contribution in [2.45, 2.75) is 46.1 Å². The van der Waals surface area contributed by atoms with Gasteiger partial charge in [-0.3, -0.25) is 4.79 Å². The van der Waals surface area contributed by atoms with E-state index in [0.717, 1.165) is 22.8 Å². The largest absolute Gasteiger partial charge is 0.347 e. The first kappa shape index (κ1) is 16.3. The minimum Gasteiger partial charge on any atom is -0.347 e. The Balaban J connectivity index is 2.46. The number of aromatic nitrogens is 1. The number of fused-ring (bicyclic) bond motifs is 1. The molecule has 3 heteroatoms. The highest BCUT2D eigenvalue weighted by Crippen LogP contribution is 2.34. The molecule has 0 atom stereocenters. The van der Waals surface area contributed by atoms with Crippen molar-refractivity contribution in [1.29, 1.82) is 0 Å². The van der Waals surface area contributed by atoms with Crippen LogP contribution in [0.15, 0.2) is 41.3 Å². The van der Waals surface area contributed by atoms with Gasteiger partial charge in [-0.25, -0.2) is 0 Å². The lowest BCUT2D eigenvalue weighted by Crippen LogP contribution is -2.29. The zero-order chi connectivity index (χ0) is 15.3. The van der Waals surface area contributed by atoms with Gasteiger partial charge in [0.15, 0.2) is 5.43 Å². The van der Waals surface area contributed by atoms with Crippen molar-refractivity contribution >= 4 is 26.8 Å². The highest BCUT2D eigenvalue weighted by Gasteiger charge is 2.27. The first-order valence-corrected chi connectivity index (χ1v) is 8.92. The second-order valence-electron chi connectivity index (χ2n) is 5.96. The summed E-state index contributed by atoms with van der Waals surface area (Å²) in [5, 5.41) is 1.82. The maximum atomic E-state index is 12.0. The fourth-order valence-electron chi connectivity index (χ4n) is 3.28. The molecule has 0 unspecified atom stereocenters. The number of para-hydroxylation sites is 1. The first-order chi connectivity index (χ1) is 10.2. The monoisotopic (exact) mass is 349 g/mol. The van der Waals surface area contributed by atoms with E-state index in [2.05, 4.69) is 34.3 Å². The van der Waals surface area contributed by atoms with Crippen molar-refractivity contribution in [1.82, 2.24) is 4.57 Å². The molecule has 1 aromatic carbocycles. The van der Waals surface area contributed by atoms with Crippen LogP contribution in [0.5, 0.6) is 0 Å². The van der Waals surface area contributed by atoms with Crippen LogP contribution in [-0.4, -0.2) is 9.90 Å². The van der Waals surface area contributed by atoms with E-state index in [4.69, 9.17) is 0 Å². The summed E-state index contributed by atoms with van der Waals surface area (Å²) in [6.45, 7) is 5.45. The van der Waals surface area contributed by atoms with Crippen molar-refractivity contribution in [3.63, 3.8) is 0 Å². The van der Waals surface area contributed by atoms with Gasteiger partial charge < -0.3 is 4.57 Å². The molecule has 0 fully saturated rings. The minimum atomic E-state index is 0.109. The number of hydrogen-bond donors (Lipinski definition) is 0. The third-order valence-electron chi connectivity index (χ3n) is 4.23. The van der Waals surface area contributed by atoms with Crippen LogP contribution in [0.2, 0.25) is 0 Å². The van der Waals surface area contributed by atoms with E-state index in [9.17, 15) is 4.79 Å². The lowest BCUT2D eigenvalue weighted by atomic mass is 9.81. The number of halogens is 1. The molecule has 0 aliphatic heterocycles. The van der Waals surface area contributed by atoms with E-state index in [1.165, 1.54) is 25.7 Å². The molecular formula is C18H24BrNO. The molecule has 0 radical (unpaired) electrons. The van der Waals surface area contributed by atoms with Gasteiger partial charge in [-0.1, -0.05) is 54.8 Å². The van der Waals surface area contributed by atoms with E-state index in [1.54, 1.807) is 6.07 Å². The van der Waals surface area contributed by atoms with E-state index < -0.39 is 0 Å². The van der Waals surface area contributed by atoms with Crippen LogP contribution in [0.1, 0.15) is 39.5 Å². The molecule has 2 nitrogen and oxygen atoms in total. The predicted octanol–water partition coefficient (Wildman–Crippen LogP) is 4.98. The molecule has 2 aromatic rings. The third-order valence-corrected chi connectivity index (χ3v) is 5.42. The van der Waals surface area contributed by atoms with Crippen molar-refractivity contribution < 1.29 is 0 Å². The van der Waals surface area contributed by atoms with Gasteiger partial charge >= 0.3 is 0 Å². The van der Waals surface area contributed by atoms with Gasteiger partial charge in [0.2, 0.25) is 0 Å². The molecular weight excluding hydrogens is 326 g/mol. The molecule has 0 saturated carbocycles. The standard InChI is InChI=1S/C18H24BrNO/c1-3-10-18(13-19,11-4-2)14-20-12-9-17(21)15-7-5-6-8-16(15)20/h5-9,12H,3-4,10-11,13-14H2,1-2H3. The van der Waals surface area contributed by atoms with E-state index in [1.807, 2.05) is 30.5 Å². The Bertz CT molecular complexity index is 641. The summed E-state index contributed by atoms with van der Waals surface area (Å²) in [5.41, 5.74) is 1.42. The molecule has 21 heavy (non-hydrogen) atoms. The number of nitrogens with zero attached hydrogens (tertiary/aromatic N) is 1. The Morgan fingerprint density at radius 3 is 2.38 bits per heavy atom. The van der Waals surface area contributed by atoms with Crippen LogP contribution in [0.3, 0.4) is 0 Å². The summed E-state index contributed by atoms with van der Waals surface area (Å²) in [7, 11) is 0. The minimum absolute atomic E-state index is 0.109. The van der Waals surface area contributed by atoms with E-state index >= 15 is 0 Å². The molecule has 1 heterocycles. The quantitative estimate of drug-likeness (QED) is 0.645. The molecule has 0 aliphatic carbocycles. The van der Waals surface area contributed by atoms with Crippen molar-refractivity contribution in [3.8, 4) is 0 Å². The summed E-state index contributed by atoms with van der Waals surface area (Å²) in [6.07, 6.45) is 6.72. The zero-order valence-electron chi connectivity index (χ0n) is 12.9. The smallest absolute Gasteiger partial charge is 0.189 e. The van der Waals surface area contributed by atoms with Gasteiger partial charge in [-0.05, 0) is 30.4 Å². The van der Waals surface area contributed by atoms with Crippen LogP contribution < -0.4 is 5.43 Å². The zero-order valence-corrected chi connectivity index (χ0v) is 14.5. The second kappa shape index (κ2) is 7.26. The predicted molar refractivity (Wildman–Crippen MR) is 94.3 cm³/mol. The van der Waals surface area contributed by atoms with Crippen LogP contribution in [0.25, 0.3) is 10.9 Å². The van der Waals surface area contributed by atoms with Gasteiger partial charge in [0, 0.05) is 29.5 Å². The molecule has 2 rings (SSSR count). The van der Waals surface area contributed by atoms with Gasteiger partial charge in [-0.15, -0.1) is 0 Å². The third kappa shape index (κ3) is 3.57. The number of pyridine rings is 1. The van der Waals surface area contributed by atoms with Crippen LogP contribution in [0, 0.1) is 5.41 Å². The van der Waals surface area contributed by atoms with Crippen LogP contribution >= 0.6 is 15.9 Å². The summed E-state index contributed by atoms with van der Waals surface area (Å²) in [6, 6.07) is 9.61. The van der Waals surface area contributed by atoms with Crippen LogP contribution in [0.4, 0.5) is 0 Å². The number of rotatable bonds is 7. The highest BCUT2D eigenvalue weighted by atomic mass is 79.9. The number of benzene rings is 1. The Labute approximate surface area is 135 Å². The highest BCUT2D eigenvalue weighted by molar-refractivity contribution is 9.09. The Morgan fingerprint density at radius 2 is 1.76 bits per heavy atom. The van der Waals surface area contributed by atoms with Gasteiger partial charge in [0.05, 0.1) is 5.52 Å². The summed E-state index contributed by atoms with van der Waals surface area (Å²) in [5.74, 6) is 0. The maximum Gasteiger partial charge on any atom is 0.189 e. The maximum absolute atomic E-state index is 12.0.